The number of benzene rings is 1. The number of ether oxygens (including phenoxy) is 1. The first-order valence-corrected chi connectivity index (χ1v) is 10.1. The summed E-state index contributed by atoms with van der Waals surface area (Å²) in [6.07, 6.45) is 0. The fraction of sp³-hybridized carbons (Fsp3) is 0.389. The van der Waals surface area contributed by atoms with E-state index in [9.17, 15) is 9.90 Å². The molecule has 26 heavy (non-hydrogen) atoms. The number of hydrogen-bond donors (Lipinski definition) is 1. The quantitative estimate of drug-likeness (QED) is 0.534. The van der Waals surface area contributed by atoms with E-state index in [-0.39, 0.29) is 5.97 Å². The van der Waals surface area contributed by atoms with Gasteiger partial charge >= 0.3 is 13.5 Å². The summed E-state index contributed by atoms with van der Waals surface area (Å²) in [5.41, 5.74) is -1.02. The van der Waals surface area contributed by atoms with E-state index in [2.05, 4.69) is 6.07 Å². The maximum absolute atomic E-state index is 12.2. The minimum atomic E-state index is -0.945. The Morgan fingerprint density at radius 3 is 2.46 bits per heavy atom. The minimum absolute atomic E-state index is 0.318. The van der Waals surface area contributed by atoms with Crippen LogP contribution >= 0.6 is 22.7 Å². The van der Waals surface area contributed by atoms with Gasteiger partial charge in [0.2, 0.25) is 0 Å². The molecule has 2 aromatic heterocycles. The maximum Gasteiger partial charge on any atom is 0.338 e. The Bertz CT molecular complexity index is 983. The van der Waals surface area contributed by atoms with Gasteiger partial charge in [0.15, 0.2) is 7.85 Å². The Labute approximate surface area is 162 Å². The Balaban J connectivity index is 2.03. The van der Waals surface area contributed by atoms with Crippen LogP contribution in [-0.2, 0) is 9.39 Å². The van der Waals surface area contributed by atoms with Gasteiger partial charge < -0.3 is 14.5 Å². The Morgan fingerprint density at radius 1 is 1.15 bits per heavy atom. The highest BCUT2D eigenvalue weighted by Gasteiger charge is 2.35. The molecule has 1 N–H and O–H groups in total. The van der Waals surface area contributed by atoms with Crippen molar-refractivity contribution in [1.29, 1.82) is 0 Å². The van der Waals surface area contributed by atoms with Crippen molar-refractivity contribution in [3.05, 3.63) is 23.8 Å². The van der Waals surface area contributed by atoms with Gasteiger partial charge in [-0.2, -0.15) is 0 Å². The van der Waals surface area contributed by atoms with Crippen LogP contribution in [0.2, 0.25) is 0 Å². The third kappa shape index (κ3) is 3.43. The molecule has 0 amide bonds. The lowest BCUT2D eigenvalue weighted by atomic mass is 9.86. The average molecular weight is 388 g/mol. The topological polar surface area (TPSA) is 55.8 Å². The Hall–Kier alpha value is -1.34. The summed E-state index contributed by atoms with van der Waals surface area (Å²) in [6, 6.07) is 6.00. The smallest absolute Gasteiger partial charge is 0.338 e. The number of esters is 1. The highest BCUT2D eigenvalue weighted by atomic mass is 32.1. The Morgan fingerprint density at radius 2 is 1.85 bits per heavy atom. The van der Waals surface area contributed by atoms with Crippen molar-refractivity contribution in [1.82, 2.24) is 0 Å². The first-order valence-electron chi connectivity index (χ1n) is 8.44. The second kappa shape index (κ2) is 6.68. The van der Waals surface area contributed by atoms with Gasteiger partial charge in [0.05, 0.1) is 33.3 Å². The highest BCUT2D eigenvalue weighted by molar-refractivity contribution is 7.34. The number of fused-ring (bicyclic) bond motifs is 3. The van der Waals surface area contributed by atoms with Crippen molar-refractivity contribution in [2.75, 3.05) is 7.11 Å². The van der Waals surface area contributed by atoms with Crippen molar-refractivity contribution in [2.45, 2.75) is 38.9 Å². The molecule has 3 rings (SSSR count). The number of carbonyl (C=O) groups excluding carboxylic acids is 1. The fourth-order valence-corrected chi connectivity index (χ4v) is 4.88. The lowest BCUT2D eigenvalue weighted by Gasteiger charge is -2.37. The molecule has 1 aromatic carbocycles. The highest BCUT2D eigenvalue weighted by Crippen LogP contribution is 2.35. The van der Waals surface area contributed by atoms with Crippen LogP contribution in [0.3, 0.4) is 0 Å². The van der Waals surface area contributed by atoms with Gasteiger partial charge in [0.25, 0.3) is 0 Å². The number of thiophene rings is 2. The third-order valence-electron chi connectivity index (χ3n) is 4.92. The predicted molar refractivity (Wildman–Crippen MR) is 115 cm³/mol. The maximum atomic E-state index is 12.2. The van der Waals surface area contributed by atoms with Crippen LogP contribution in [0.1, 0.15) is 38.1 Å². The SMILES string of the molecule is Bc1cc2c(C(=O)OC)cc3cc(BOC(C)(C)C(C)(C)O)sc3c2s1. The molecule has 4 nitrogen and oxygen atoms in total. The van der Waals surface area contributed by atoms with E-state index in [0.717, 1.165) is 29.7 Å². The number of methoxy groups -OCH3 is 1. The minimum Gasteiger partial charge on any atom is -0.465 e. The van der Waals surface area contributed by atoms with E-state index in [1.165, 1.54) is 7.11 Å². The predicted octanol–water partition coefficient (Wildman–Crippen LogP) is 1.70. The number of hydrogen-bond acceptors (Lipinski definition) is 6. The second-order valence-electron chi connectivity index (χ2n) is 7.50. The molecular weight excluding hydrogens is 366 g/mol. The standard InChI is InChI=1S/C18H22B2O4S2/c1-17(2,22)18(3,4)24-20-13-7-9-6-11(16(21)23-5)10-8-12(19)25-15(10)14(9)26-13/h6-8,20,22H,19H2,1-5H3. The van der Waals surface area contributed by atoms with Crippen LogP contribution in [0.15, 0.2) is 18.2 Å². The molecule has 3 aromatic rings. The molecule has 0 bridgehead atoms. The summed E-state index contributed by atoms with van der Waals surface area (Å²) >= 11 is 3.36. The van der Waals surface area contributed by atoms with Crippen molar-refractivity contribution in [3.8, 4) is 0 Å². The normalized spacial score (nSPS) is 12.7. The number of aliphatic hydroxyl groups is 1. The van der Waals surface area contributed by atoms with Crippen LogP contribution in [0.25, 0.3) is 20.2 Å². The van der Waals surface area contributed by atoms with E-state index in [4.69, 9.17) is 9.39 Å². The molecule has 0 spiro atoms. The van der Waals surface area contributed by atoms with Crippen LogP contribution in [0.5, 0.6) is 0 Å². The zero-order valence-electron chi connectivity index (χ0n) is 15.9. The molecule has 136 valence electrons. The zero-order chi connectivity index (χ0) is 19.3. The molecule has 0 atom stereocenters. The zero-order valence-corrected chi connectivity index (χ0v) is 17.6. The summed E-state index contributed by atoms with van der Waals surface area (Å²) < 4.78 is 15.4. The number of carbonyl (C=O) groups is 1. The van der Waals surface area contributed by atoms with Crippen LogP contribution in [0, 0.1) is 0 Å². The second-order valence-corrected chi connectivity index (χ2v) is 9.90. The summed E-state index contributed by atoms with van der Waals surface area (Å²) in [7, 11) is 3.86. The summed E-state index contributed by atoms with van der Waals surface area (Å²) in [5.74, 6) is -0.318. The molecule has 0 radical (unpaired) electrons. The van der Waals surface area contributed by atoms with Gasteiger partial charge in [-0.15, -0.1) is 22.7 Å². The molecule has 0 aliphatic rings. The van der Waals surface area contributed by atoms with Crippen molar-refractivity contribution >= 4 is 73.7 Å². The first kappa shape index (κ1) is 19.4. The van der Waals surface area contributed by atoms with Gasteiger partial charge in [-0.3, -0.25) is 0 Å². The van der Waals surface area contributed by atoms with E-state index in [0.29, 0.717) is 13.0 Å². The lowest BCUT2D eigenvalue weighted by molar-refractivity contribution is -0.0892. The first-order chi connectivity index (χ1) is 12.0. The van der Waals surface area contributed by atoms with Crippen molar-refractivity contribution in [2.24, 2.45) is 0 Å². The summed E-state index contributed by atoms with van der Waals surface area (Å²) in [5, 5.41) is 12.2. The molecule has 0 aliphatic carbocycles. The molecule has 0 saturated heterocycles. The van der Waals surface area contributed by atoms with E-state index in [1.807, 2.05) is 33.8 Å². The van der Waals surface area contributed by atoms with E-state index in [1.54, 1.807) is 36.5 Å². The van der Waals surface area contributed by atoms with Gasteiger partial charge in [-0.1, -0.05) is 0 Å². The van der Waals surface area contributed by atoms with Crippen LogP contribution in [0.4, 0.5) is 0 Å². The molecule has 2 heterocycles. The molecule has 0 fully saturated rings. The van der Waals surface area contributed by atoms with E-state index >= 15 is 0 Å². The van der Waals surface area contributed by atoms with Crippen molar-refractivity contribution < 1.29 is 19.3 Å². The third-order valence-corrected chi connectivity index (χ3v) is 7.26. The molecule has 8 heteroatoms. The molecule has 0 aliphatic heterocycles. The van der Waals surface area contributed by atoms with Crippen LogP contribution < -0.4 is 9.55 Å². The summed E-state index contributed by atoms with van der Waals surface area (Å²) in [6.45, 7) is 7.27. The van der Waals surface area contributed by atoms with Gasteiger partial charge in [-0.25, -0.2) is 4.79 Å². The molecule has 0 unspecified atom stereocenters. The summed E-state index contributed by atoms with van der Waals surface area (Å²) in [4.78, 5) is 12.2. The van der Waals surface area contributed by atoms with Gasteiger partial charge in [0.1, 0.15) is 0 Å². The van der Waals surface area contributed by atoms with Crippen molar-refractivity contribution in [3.63, 3.8) is 0 Å². The lowest BCUT2D eigenvalue weighted by Crippen LogP contribution is -2.49. The number of rotatable bonds is 5. The largest absolute Gasteiger partial charge is 0.465 e. The van der Waals surface area contributed by atoms with Crippen LogP contribution in [-0.4, -0.2) is 44.7 Å². The van der Waals surface area contributed by atoms with Gasteiger partial charge in [-0.05, 0) is 56.1 Å². The monoisotopic (exact) mass is 388 g/mol. The Kier molecular flexibility index (Phi) is 4.99. The van der Waals surface area contributed by atoms with Gasteiger partial charge in [0, 0.05) is 10.2 Å². The van der Waals surface area contributed by atoms with E-state index < -0.39 is 11.2 Å². The average Bonchev–Trinajstić information content (AvgIpc) is 3.12. The molecule has 0 saturated carbocycles. The fourth-order valence-electron chi connectivity index (χ4n) is 2.64. The molecular formula is C18H22B2O4S2.